The summed E-state index contributed by atoms with van der Waals surface area (Å²) in [6.07, 6.45) is 3.99. The molecule has 0 radical (unpaired) electrons. The summed E-state index contributed by atoms with van der Waals surface area (Å²) in [7, 11) is 0. The highest BCUT2D eigenvalue weighted by molar-refractivity contribution is 5.50. The maximum Gasteiger partial charge on any atom is 0.129 e. The van der Waals surface area contributed by atoms with Gasteiger partial charge in [0.2, 0.25) is 0 Å². The zero-order valence-corrected chi connectivity index (χ0v) is 7.56. The number of furan rings is 1. The largest absolute Gasteiger partial charge is 0.461 e. The molecule has 1 heterocycles. The SMILES string of the molecule is CC=Cc1oc(C)c(C)c1C. The van der Waals surface area contributed by atoms with Crippen LogP contribution in [0.2, 0.25) is 0 Å². The first kappa shape index (κ1) is 8.12. The molecule has 0 aliphatic carbocycles. The fourth-order valence-corrected chi connectivity index (χ4v) is 1.08. The van der Waals surface area contributed by atoms with Crippen LogP contribution in [-0.2, 0) is 0 Å². The normalized spacial score (nSPS) is 11.3. The molecule has 1 heteroatoms. The molecule has 60 valence electrons. The van der Waals surface area contributed by atoms with Crippen LogP contribution in [0.25, 0.3) is 6.08 Å². The average Bonchev–Trinajstić information content (AvgIpc) is 2.19. The summed E-state index contributed by atoms with van der Waals surface area (Å²) in [6.45, 7) is 8.16. The van der Waals surface area contributed by atoms with Crippen molar-refractivity contribution in [3.63, 3.8) is 0 Å². The standard InChI is InChI=1S/C10H14O/c1-5-6-10-8(3)7(2)9(4)11-10/h5-6H,1-4H3. The summed E-state index contributed by atoms with van der Waals surface area (Å²) in [5, 5.41) is 0. The van der Waals surface area contributed by atoms with Crippen molar-refractivity contribution < 1.29 is 4.42 Å². The predicted octanol–water partition coefficient (Wildman–Crippen LogP) is 3.24. The Morgan fingerprint density at radius 1 is 1.09 bits per heavy atom. The first-order chi connectivity index (χ1) is 5.16. The topological polar surface area (TPSA) is 13.1 Å². The highest BCUT2D eigenvalue weighted by atomic mass is 16.3. The third-order valence-electron chi connectivity index (χ3n) is 2.04. The molecule has 0 atom stereocenters. The van der Waals surface area contributed by atoms with Gasteiger partial charge in [0, 0.05) is 0 Å². The highest BCUT2D eigenvalue weighted by Crippen LogP contribution is 2.21. The molecule has 1 nitrogen and oxygen atoms in total. The van der Waals surface area contributed by atoms with Crippen molar-refractivity contribution in [2.24, 2.45) is 0 Å². The third-order valence-corrected chi connectivity index (χ3v) is 2.04. The van der Waals surface area contributed by atoms with Crippen molar-refractivity contribution >= 4 is 6.08 Å². The number of aryl methyl sites for hydroxylation is 1. The van der Waals surface area contributed by atoms with Crippen LogP contribution in [0.4, 0.5) is 0 Å². The van der Waals surface area contributed by atoms with Crippen LogP contribution in [0, 0.1) is 20.8 Å². The smallest absolute Gasteiger partial charge is 0.129 e. The van der Waals surface area contributed by atoms with E-state index in [-0.39, 0.29) is 0 Å². The summed E-state index contributed by atoms with van der Waals surface area (Å²) >= 11 is 0. The van der Waals surface area contributed by atoms with Crippen LogP contribution in [0.3, 0.4) is 0 Å². The minimum atomic E-state index is 0.988. The minimum Gasteiger partial charge on any atom is -0.461 e. The molecule has 1 aromatic heterocycles. The number of hydrogen-bond acceptors (Lipinski definition) is 1. The molecule has 0 aliphatic heterocycles. The highest BCUT2D eigenvalue weighted by Gasteiger charge is 2.06. The summed E-state index contributed by atoms with van der Waals surface area (Å²) < 4.78 is 5.50. The Morgan fingerprint density at radius 3 is 2.09 bits per heavy atom. The molecule has 0 bridgehead atoms. The first-order valence-electron chi connectivity index (χ1n) is 3.86. The van der Waals surface area contributed by atoms with Gasteiger partial charge in [-0.3, -0.25) is 0 Å². The Balaban J connectivity index is 3.18. The Hall–Kier alpha value is -0.980. The van der Waals surface area contributed by atoms with Gasteiger partial charge in [0.25, 0.3) is 0 Å². The second-order valence-corrected chi connectivity index (χ2v) is 2.77. The van der Waals surface area contributed by atoms with E-state index in [1.54, 1.807) is 0 Å². The van der Waals surface area contributed by atoms with E-state index < -0.39 is 0 Å². The molecule has 1 rings (SSSR count). The minimum absolute atomic E-state index is 0.988. The van der Waals surface area contributed by atoms with Gasteiger partial charge >= 0.3 is 0 Å². The van der Waals surface area contributed by atoms with Crippen molar-refractivity contribution in [2.45, 2.75) is 27.7 Å². The fourth-order valence-electron chi connectivity index (χ4n) is 1.08. The van der Waals surface area contributed by atoms with Crippen LogP contribution in [-0.4, -0.2) is 0 Å². The second kappa shape index (κ2) is 2.95. The van der Waals surface area contributed by atoms with E-state index in [0.717, 1.165) is 11.5 Å². The molecule has 11 heavy (non-hydrogen) atoms. The molecular formula is C10H14O. The van der Waals surface area contributed by atoms with Gasteiger partial charge in [-0.25, -0.2) is 0 Å². The average molecular weight is 150 g/mol. The van der Waals surface area contributed by atoms with E-state index in [1.165, 1.54) is 11.1 Å². The lowest BCUT2D eigenvalue weighted by molar-refractivity contribution is 0.521. The van der Waals surface area contributed by atoms with Crippen LogP contribution in [0.15, 0.2) is 10.5 Å². The number of allylic oxidation sites excluding steroid dienone is 1. The predicted molar refractivity (Wildman–Crippen MR) is 47.6 cm³/mol. The Bertz CT molecular complexity index is 279. The summed E-state index contributed by atoms with van der Waals surface area (Å²) in [5.41, 5.74) is 2.51. The lowest BCUT2D eigenvalue weighted by Crippen LogP contribution is -1.74. The van der Waals surface area contributed by atoms with Crippen molar-refractivity contribution in [1.29, 1.82) is 0 Å². The maximum absolute atomic E-state index is 5.50. The van der Waals surface area contributed by atoms with E-state index in [1.807, 2.05) is 26.0 Å². The van der Waals surface area contributed by atoms with Gasteiger partial charge in [0.1, 0.15) is 11.5 Å². The number of hydrogen-bond donors (Lipinski definition) is 0. The Morgan fingerprint density at radius 2 is 1.73 bits per heavy atom. The second-order valence-electron chi connectivity index (χ2n) is 2.77. The molecule has 0 fully saturated rings. The molecule has 0 amide bonds. The zero-order chi connectivity index (χ0) is 8.43. The van der Waals surface area contributed by atoms with Crippen LogP contribution < -0.4 is 0 Å². The van der Waals surface area contributed by atoms with Crippen molar-refractivity contribution in [3.05, 3.63) is 28.7 Å². The zero-order valence-electron chi connectivity index (χ0n) is 7.56. The lowest BCUT2D eigenvalue weighted by Gasteiger charge is -1.87. The van der Waals surface area contributed by atoms with E-state index in [2.05, 4.69) is 13.8 Å². The van der Waals surface area contributed by atoms with E-state index in [4.69, 9.17) is 4.42 Å². The molecule has 0 saturated carbocycles. The molecule has 0 unspecified atom stereocenters. The molecule has 0 aromatic carbocycles. The lowest BCUT2D eigenvalue weighted by atomic mass is 10.1. The molecule has 0 N–H and O–H groups in total. The van der Waals surface area contributed by atoms with Crippen molar-refractivity contribution in [1.82, 2.24) is 0 Å². The number of rotatable bonds is 1. The van der Waals surface area contributed by atoms with E-state index in [0.29, 0.717) is 0 Å². The van der Waals surface area contributed by atoms with E-state index >= 15 is 0 Å². The summed E-state index contributed by atoms with van der Waals surface area (Å²) in [5.74, 6) is 2.01. The fraction of sp³-hybridized carbons (Fsp3) is 0.400. The molecular weight excluding hydrogens is 136 g/mol. The van der Waals surface area contributed by atoms with Gasteiger partial charge < -0.3 is 4.42 Å². The first-order valence-corrected chi connectivity index (χ1v) is 3.86. The molecule has 1 aromatic rings. The van der Waals surface area contributed by atoms with Crippen LogP contribution in [0.5, 0.6) is 0 Å². The molecule has 0 spiro atoms. The monoisotopic (exact) mass is 150 g/mol. The van der Waals surface area contributed by atoms with Gasteiger partial charge in [-0.15, -0.1) is 0 Å². The Kier molecular flexibility index (Phi) is 2.18. The molecule has 0 aliphatic rings. The van der Waals surface area contributed by atoms with Crippen LogP contribution in [0.1, 0.15) is 29.6 Å². The quantitative estimate of drug-likeness (QED) is 0.599. The van der Waals surface area contributed by atoms with E-state index in [9.17, 15) is 0 Å². The van der Waals surface area contributed by atoms with Gasteiger partial charge in [0.05, 0.1) is 0 Å². The molecule has 0 saturated heterocycles. The third kappa shape index (κ3) is 1.37. The van der Waals surface area contributed by atoms with Crippen LogP contribution >= 0.6 is 0 Å². The Labute approximate surface area is 67.7 Å². The van der Waals surface area contributed by atoms with Gasteiger partial charge in [0.15, 0.2) is 0 Å². The van der Waals surface area contributed by atoms with Gasteiger partial charge in [-0.05, 0) is 44.9 Å². The van der Waals surface area contributed by atoms with Gasteiger partial charge in [-0.2, -0.15) is 0 Å². The summed E-state index contributed by atoms with van der Waals surface area (Å²) in [4.78, 5) is 0. The van der Waals surface area contributed by atoms with Gasteiger partial charge in [-0.1, -0.05) is 6.08 Å². The summed E-state index contributed by atoms with van der Waals surface area (Å²) in [6, 6.07) is 0. The van der Waals surface area contributed by atoms with Crippen molar-refractivity contribution in [3.8, 4) is 0 Å². The van der Waals surface area contributed by atoms with Crippen molar-refractivity contribution in [2.75, 3.05) is 0 Å². The maximum atomic E-state index is 5.50.